The molecule has 0 spiro atoms. The Morgan fingerprint density at radius 2 is 2.19 bits per heavy atom. The minimum atomic E-state index is 0.0682. The number of nitrogens with zero attached hydrogens (tertiary/aromatic N) is 1. The van der Waals surface area contributed by atoms with E-state index in [4.69, 9.17) is 5.73 Å². The highest BCUT2D eigenvalue weighted by molar-refractivity contribution is 6.07. The summed E-state index contributed by atoms with van der Waals surface area (Å²) in [5.74, 6) is 0.0682. The summed E-state index contributed by atoms with van der Waals surface area (Å²) in [5.41, 5.74) is 8.17. The fourth-order valence-corrected chi connectivity index (χ4v) is 3.22. The summed E-state index contributed by atoms with van der Waals surface area (Å²) in [4.78, 5) is 18.0. The van der Waals surface area contributed by atoms with Crippen molar-refractivity contribution in [3.8, 4) is 0 Å². The fourth-order valence-electron chi connectivity index (χ4n) is 3.22. The van der Waals surface area contributed by atoms with E-state index in [0.29, 0.717) is 23.8 Å². The quantitative estimate of drug-likeness (QED) is 0.668. The van der Waals surface area contributed by atoms with Crippen molar-refractivity contribution >= 4 is 22.5 Å². The Morgan fingerprint density at radius 1 is 1.43 bits per heavy atom. The van der Waals surface area contributed by atoms with Crippen molar-refractivity contribution in [2.45, 2.75) is 31.7 Å². The summed E-state index contributed by atoms with van der Waals surface area (Å²) in [6.45, 7) is 4.39. The molecule has 0 saturated heterocycles. The lowest BCUT2D eigenvalue weighted by Gasteiger charge is -2.27. The van der Waals surface area contributed by atoms with Gasteiger partial charge in [0.25, 0.3) is 5.91 Å². The highest BCUT2D eigenvalue weighted by Gasteiger charge is 2.27. The summed E-state index contributed by atoms with van der Waals surface area (Å²) in [6, 6.07) is 5.95. The number of H-pyrrole nitrogens is 1. The zero-order chi connectivity index (χ0) is 14.8. The number of benzene rings is 1. The molecule has 3 N–H and O–H groups in total. The molecular weight excluding hydrogens is 262 g/mol. The standard InChI is InChI=1S/C17H21N3O/c1-2-9-20(13-5-3-4-6-13)17(21)15-11-19-16-8-7-12(18)10-14(15)16/h2,7-8,10-11,13,19H,1,3-6,9,18H2. The number of carbonyl (C=O) groups excluding carboxylic acids is 1. The van der Waals surface area contributed by atoms with Gasteiger partial charge in [-0.1, -0.05) is 18.9 Å². The minimum absolute atomic E-state index is 0.0682. The molecule has 0 unspecified atom stereocenters. The predicted octanol–water partition coefficient (Wildman–Crippen LogP) is 3.32. The van der Waals surface area contributed by atoms with E-state index in [1.54, 1.807) is 12.3 Å². The fraction of sp³-hybridized carbons (Fsp3) is 0.353. The first kappa shape index (κ1) is 13.7. The summed E-state index contributed by atoms with van der Waals surface area (Å²) in [5, 5.41) is 0.895. The molecule has 0 atom stereocenters. The normalized spacial score (nSPS) is 15.4. The van der Waals surface area contributed by atoms with E-state index < -0.39 is 0 Å². The smallest absolute Gasteiger partial charge is 0.256 e. The van der Waals surface area contributed by atoms with E-state index in [2.05, 4.69) is 11.6 Å². The number of hydrogen-bond acceptors (Lipinski definition) is 2. The first-order valence-electron chi connectivity index (χ1n) is 7.49. The minimum Gasteiger partial charge on any atom is -0.399 e. The number of aromatic nitrogens is 1. The highest BCUT2D eigenvalue weighted by atomic mass is 16.2. The van der Waals surface area contributed by atoms with Crippen LogP contribution in [0.4, 0.5) is 5.69 Å². The molecule has 1 aliphatic carbocycles. The number of aromatic amines is 1. The second kappa shape index (κ2) is 5.64. The third-order valence-corrected chi connectivity index (χ3v) is 4.29. The third-order valence-electron chi connectivity index (χ3n) is 4.29. The molecular formula is C17H21N3O. The van der Waals surface area contributed by atoms with Gasteiger partial charge >= 0.3 is 0 Å². The molecule has 1 aromatic carbocycles. The number of rotatable bonds is 4. The molecule has 1 aliphatic rings. The third kappa shape index (κ3) is 2.53. The highest BCUT2D eigenvalue weighted by Crippen LogP contribution is 2.27. The molecule has 21 heavy (non-hydrogen) atoms. The lowest BCUT2D eigenvalue weighted by molar-refractivity contribution is 0.0708. The van der Waals surface area contributed by atoms with Gasteiger partial charge < -0.3 is 15.6 Å². The predicted molar refractivity (Wildman–Crippen MR) is 86.2 cm³/mol. The van der Waals surface area contributed by atoms with Gasteiger partial charge in [-0.25, -0.2) is 0 Å². The van der Waals surface area contributed by atoms with Crippen LogP contribution in [0.5, 0.6) is 0 Å². The lowest BCUT2D eigenvalue weighted by atomic mass is 10.1. The van der Waals surface area contributed by atoms with E-state index in [0.717, 1.165) is 23.7 Å². The topological polar surface area (TPSA) is 62.1 Å². The number of hydrogen-bond donors (Lipinski definition) is 2. The average molecular weight is 283 g/mol. The molecule has 0 aliphatic heterocycles. The zero-order valence-electron chi connectivity index (χ0n) is 12.1. The molecule has 0 bridgehead atoms. The molecule has 1 heterocycles. The van der Waals surface area contributed by atoms with Gasteiger partial charge in [-0.3, -0.25) is 4.79 Å². The van der Waals surface area contributed by atoms with E-state index in [-0.39, 0.29) is 5.91 Å². The van der Waals surface area contributed by atoms with Gasteiger partial charge in [-0.2, -0.15) is 0 Å². The van der Waals surface area contributed by atoms with Crippen molar-refractivity contribution in [1.82, 2.24) is 9.88 Å². The molecule has 110 valence electrons. The zero-order valence-corrected chi connectivity index (χ0v) is 12.1. The number of amides is 1. The van der Waals surface area contributed by atoms with Crippen molar-refractivity contribution in [2.75, 3.05) is 12.3 Å². The number of carbonyl (C=O) groups is 1. The second-order valence-corrected chi connectivity index (χ2v) is 5.69. The van der Waals surface area contributed by atoms with E-state index in [1.807, 2.05) is 23.1 Å². The van der Waals surface area contributed by atoms with Crippen LogP contribution < -0.4 is 5.73 Å². The SMILES string of the molecule is C=CCN(C(=O)c1c[nH]c2ccc(N)cc12)C1CCCC1. The molecule has 4 nitrogen and oxygen atoms in total. The monoisotopic (exact) mass is 283 g/mol. The van der Waals surface area contributed by atoms with Crippen molar-refractivity contribution < 1.29 is 4.79 Å². The molecule has 4 heteroatoms. The Bertz CT molecular complexity index is 668. The first-order valence-corrected chi connectivity index (χ1v) is 7.49. The summed E-state index contributed by atoms with van der Waals surface area (Å²) >= 11 is 0. The van der Waals surface area contributed by atoms with Crippen molar-refractivity contribution in [3.05, 3.63) is 42.6 Å². The summed E-state index contributed by atoms with van der Waals surface area (Å²) in [6.07, 6.45) is 8.17. The van der Waals surface area contributed by atoms with Crippen LogP contribution in [0.2, 0.25) is 0 Å². The number of anilines is 1. The number of fused-ring (bicyclic) bond motifs is 1. The molecule has 0 radical (unpaired) electrons. The molecule has 1 aromatic heterocycles. The maximum absolute atomic E-state index is 12.9. The van der Waals surface area contributed by atoms with Gasteiger partial charge in [-0.15, -0.1) is 6.58 Å². The van der Waals surface area contributed by atoms with Crippen LogP contribution in [0, 0.1) is 0 Å². The van der Waals surface area contributed by atoms with E-state index in [9.17, 15) is 4.79 Å². The Morgan fingerprint density at radius 3 is 2.90 bits per heavy atom. The van der Waals surface area contributed by atoms with Crippen LogP contribution in [0.1, 0.15) is 36.0 Å². The van der Waals surface area contributed by atoms with Gasteiger partial charge in [0.05, 0.1) is 5.56 Å². The Hall–Kier alpha value is -2.23. The van der Waals surface area contributed by atoms with Gasteiger partial charge in [0.2, 0.25) is 0 Å². The molecule has 1 fully saturated rings. The van der Waals surface area contributed by atoms with Crippen LogP contribution >= 0.6 is 0 Å². The number of nitrogen functional groups attached to an aromatic ring is 1. The van der Waals surface area contributed by atoms with E-state index in [1.165, 1.54) is 12.8 Å². The second-order valence-electron chi connectivity index (χ2n) is 5.69. The van der Waals surface area contributed by atoms with Gasteiger partial charge in [0, 0.05) is 35.4 Å². The van der Waals surface area contributed by atoms with Gasteiger partial charge in [0.1, 0.15) is 0 Å². The summed E-state index contributed by atoms with van der Waals surface area (Å²) < 4.78 is 0. The Labute approximate surface area is 124 Å². The first-order chi connectivity index (χ1) is 10.2. The Kier molecular flexibility index (Phi) is 3.69. The van der Waals surface area contributed by atoms with Gasteiger partial charge in [-0.05, 0) is 31.0 Å². The van der Waals surface area contributed by atoms with Crippen molar-refractivity contribution in [2.24, 2.45) is 0 Å². The molecule has 1 amide bonds. The van der Waals surface area contributed by atoms with Crippen LogP contribution in [-0.4, -0.2) is 28.4 Å². The maximum atomic E-state index is 12.9. The van der Waals surface area contributed by atoms with Crippen molar-refractivity contribution in [1.29, 1.82) is 0 Å². The molecule has 1 saturated carbocycles. The van der Waals surface area contributed by atoms with Crippen molar-refractivity contribution in [3.63, 3.8) is 0 Å². The van der Waals surface area contributed by atoms with Crippen LogP contribution in [0.25, 0.3) is 10.9 Å². The lowest BCUT2D eigenvalue weighted by Crippen LogP contribution is -2.38. The molecule has 3 rings (SSSR count). The number of nitrogens with one attached hydrogen (secondary N) is 1. The average Bonchev–Trinajstić information content (AvgIpc) is 3.13. The van der Waals surface area contributed by atoms with Crippen LogP contribution in [-0.2, 0) is 0 Å². The maximum Gasteiger partial charge on any atom is 0.256 e. The van der Waals surface area contributed by atoms with E-state index >= 15 is 0 Å². The molecule has 2 aromatic rings. The summed E-state index contributed by atoms with van der Waals surface area (Å²) in [7, 11) is 0. The number of nitrogens with two attached hydrogens (primary N) is 1. The Balaban J connectivity index is 1.97. The van der Waals surface area contributed by atoms with Gasteiger partial charge in [0.15, 0.2) is 0 Å². The largest absolute Gasteiger partial charge is 0.399 e. The van der Waals surface area contributed by atoms with Crippen LogP contribution in [0.15, 0.2) is 37.1 Å². The van der Waals surface area contributed by atoms with Crippen LogP contribution in [0.3, 0.4) is 0 Å².